The first-order valence-electron chi connectivity index (χ1n) is 7.50. The number of carbonyl (C=O) groups excluding carboxylic acids is 1. The Labute approximate surface area is 141 Å². The normalized spacial score (nSPS) is 29.9. The van der Waals surface area contributed by atoms with Crippen LogP contribution in [0.5, 0.6) is 0 Å². The second-order valence-electron chi connectivity index (χ2n) is 7.36. The van der Waals surface area contributed by atoms with Crippen molar-refractivity contribution in [1.82, 2.24) is 4.90 Å². The molecule has 3 atom stereocenters. The first-order valence-corrected chi connectivity index (χ1v) is 8.89. The standard InChI is InChI=1S/C15H25NO4S2/c1-14(2,3)11-8-22-13(21)16(11)12(18)6-9(17)10-7-19-15(4,5)20-10/h9-11,17H,6-8H2,1-5H3/t9-,10+,11+/m0/s1. The highest BCUT2D eigenvalue weighted by Gasteiger charge is 2.43. The molecule has 2 aliphatic rings. The van der Waals surface area contributed by atoms with E-state index in [1.165, 1.54) is 11.8 Å². The molecule has 0 unspecified atom stereocenters. The molecule has 22 heavy (non-hydrogen) atoms. The Bertz CT molecular complexity index is 461. The monoisotopic (exact) mass is 347 g/mol. The number of amides is 1. The molecule has 0 saturated carbocycles. The van der Waals surface area contributed by atoms with Gasteiger partial charge in [0.2, 0.25) is 5.91 Å². The van der Waals surface area contributed by atoms with E-state index < -0.39 is 18.0 Å². The summed E-state index contributed by atoms with van der Waals surface area (Å²) in [4.78, 5) is 14.3. The summed E-state index contributed by atoms with van der Waals surface area (Å²) in [6, 6.07) is 0.0573. The van der Waals surface area contributed by atoms with Crippen LogP contribution < -0.4 is 0 Å². The van der Waals surface area contributed by atoms with Crippen molar-refractivity contribution in [3.05, 3.63) is 0 Å². The summed E-state index contributed by atoms with van der Waals surface area (Å²) < 4.78 is 11.7. The van der Waals surface area contributed by atoms with Gasteiger partial charge in [0, 0.05) is 5.75 Å². The quantitative estimate of drug-likeness (QED) is 0.790. The first-order chi connectivity index (χ1) is 10.0. The minimum absolute atomic E-state index is 0.00259. The molecule has 1 amide bonds. The third-order valence-corrected chi connectivity index (χ3v) is 5.46. The van der Waals surface area contributed by atoms with Crippen molar-refractivity contribution >= 4 is 34.2 Å². The maximum absolute atomic E-state index is 12.6. The Morgan fingerprint density at radius 1 is 1.55 bits per heavy atom. The van der Waals surface area contributed by atoms with Crippen LogP contribution in [-0.4, -0.2) is 56.6 Å². The number of rotatable bonds is 3. The van der Waals surface area contributed by atoms with Crippen molar-refractivity contribution < 1.29 is 19.4 Å². The van der Waals surface area contributed by atoms with E-state index in [1.54, 1.807) is 18.7 Å². The van der Waals surface area contributed by atoms with E-state index in [0.29, 0.717) is 10.9 Å². The largest absolute Gasteiger partial charge is 0.390 e. The molecule has 0 bridgehead atoms. The van der Waals surface area contributed by atoms with Gasteiger partial charge in [0.05, 0.1) is 25.2 Å². The molecular weight excluding hydrogens is 322 g/mol. The van der Waals surface area contributed by atoms with E-state index >= 15 is 0 Å². The van der Waals surface area contributed by atoms with Gasteiger partial charge in [-0.2, -0.15) is 0 Å². The Morgan fingerprint density at radius 3 is 2.68 bits per heavy atom. The van der Waals surface area contributed by atoms with Gasteiger partial charge >= 0.3 is 0 Å². The molecule has 2 fully saturated rings. The molecule has 126 valence electrons. The van der Waals surface area contributed by atoms with Crippen LogP contribution in [0.3, 0.4) is 0 Å². The number of aliphatic hydroxyl groups is 1. The summed E-state index contributed by atoms with van der Waals surface area (Å²) >= 11 is 6.84. The van der Waals surface area contributed by atoms with Crippen LogP contribution in [0, 0.1) is 5.41 Å². The average molecular weight is 348 g/mol. The van der Waals surface area contributed by atoms with E-state index in [0.717, 1.165) is 5.75 Å². The molecule has 1 N–H and O–H groups in total. The highest BCUT2D eigenvalue weighted by Crippen LogP contribution is 2.36. The predicted molar refractivity (Wildman–Crippen MR) is 90.7 cm³/mol. The molecule has 0 aliphatic carbocycles. The summed E-state index contributed by atoms with van der Waals surface area (Å²) in [6.45, 7) is 10.2. The minimum atomic E-state index is -0.886. The maximum Gasteiger partial charge on any atom is 0.231 e. The van der Waals surface area contributed by atoms with Crippen molar-refractivity contribution in [2.75, 3.05) is 12.4 Å². The third-order valence-electron chi connectivity index (χ3n) is 3.98. The number of hydrogen-bond donors (Lipinski definition) is 1. The Hall–Kier alpha value is -0.210. The van der Waals surface area contributed by atoms with Crippen LogP contribution in [0.2, 0.25) is 0 Å². The van der Waals surface area contributed by atoms with Crippen LogP contribution in [-0.2, 0) is 14.3 Å². The van der Waals surface area contributed by atoms with Gasteiger partial charge in [-0.25, -0.2) is 0 Å². The first kappa shape index (κ1) is 18.1. The van der Waals surface area contributed by atoms with Gasteiger partial charge in [0.1, 0.15) is 10.4 Å². The Balaban J connectivity index is 2.00. The van der Waals surface area contributed by atoms with E-state index in [9.17, 15) is 9.90 Å². The molecule has 5 nitrogen and oxygen atoms in total. The molecule has 2 saturated heterocycles. The summed E-state index contributed by atoms with van der Waals surface area (Å²) in [5.74, 6) is -0.0440. The molecule has 0 aromatic rings. The lowest BCUT2D eigenvalue weighted by molar-refractivity contribution is -0.155. The van der Waals surface area contributed by atoms with Gasteiger partial charge in [-0.05, 0) is 19.3 Å². The average Bonchev–Trinajstić information content (AvgIpc) is 2.91. The summed E-state index contributed by atoms with van der Waals surface area (Å²) in [7, 11) is 0. The molecule has 0 aromatic heterocycles. The summed E-state index contributed by atoms with van der Waals surface area (Å²) in [6.07, 6.45) is -1.36. The van der Waals surface area contributed by atoms with Gasteiger partial charge in [-0.1, -0.05) is 44.8 Å². The zero-order chi connectivity index (χ0) is 16.7. The molecule has 7 heteroatoms. The topological polar surface area (TPSA) is 59.0 Å². The van der Waals surface area contributed by atoms with Gasteiger partial charge in [0.25, 0.3) is 0 Å². The zero-order valence-corrected chi connectivity index (χ0v) is 15.4. The van der Waals surface area contributed by atoms with E-state index in [1.807, 2.05) is 0 Å². The molecule has 0 aromatic carbocycles. The van der Waals surface area contributed by atoms with Crippen LogP contribution in [0.4, 0.5) is 0 Å². The SMILES string of the molecule is CC1(C)OC[C@H]([C@@H](O)CC(=O)N2C(=S)SC[C@@H]2C(C)(C)C)O1. The highest BCUT2D eigenvalue weighted by molar-refractivity contribution is 8.23. The van der Waals surface area contributed by atoms with Gasteiger partial charge in [-0.3, -0.25) is 9.69 Å². The fourth-order valence-corrected chi connectivity index (χ4v) is 4.40. The Kier molecular flexibility index (Phi) is 5.24. The highest BCUT2D eigenvalue weighted by atomic mass is 32.2. The van der Waals surface area contributed by atoms with E-state index in [-0.39, 0.29) is 23.8 Å². The van der Waals surface area contributed by atoms with Crippen molar-refractivity contribution in [2.45, 2.75) is 65.1 Å². The molecule has 2 heterocycles. The second kappa shape index (κ2) is 6.36. The lowest BCUT2D eigenvalue weighted by atomic mass is 9.87. The summed E-state index contributed by atoms with van der Waals surface area (Å²) in [5.41, 5.74) is -0.0524. The van der Waals surface area contributed by atoms with Crippen LogP contribution >= 0.6 is 24.0 Å². The predicted octanol–water partition coefficient (Wildman–Crippen LogP) is 2.16. The number of nitrogens with zero attached hydrogens (tertiary/aromatic N) is 1. The fraction of sp³-hybridized carbons (Fsp3) is 0.867. The van der Waals surface area contributed by atoms with Crippen LogP contribution in [0.25, 0.3) is 0 Å². The van der Waals surface area contributed by atoms with Gasteiger partial charge < -0.3 is 14.6 Å². The number of hydrogen-bond acceptors (Lipinski definition) is 6. The molecule has 0 radical (unpaired) electrons. The van der Waals surface area contributed by atoms with E-state index in [2.05, 4.69) is 20.8 Å². The molecular formula is C15H25NO4S2. The molecule has 0 spiro atoms. The van der Waals surface area contributed by atoms with E-state index in [4.69, 9.17) is 21.7 Å². The van der Waals surface area contributed by atoms with Gasteiger partial charge in [-0.15, -0.1) is 0 Å². The number of thioether (sulfide) groups is 1. The van der Waals surface area contributed by atoms with Crippen LogP contribution in [0.1, 0.15) is 41.0 Å². The number of thiocarbonyl (C=S) groups is 1. The molecule has 2 aliphatic heterocycles. The second-order valence-corrected chi connectivity index (χ2v) is 9.01. The number of ether oxygens (including phenoxy) is 2. The summed E-state index contributed by atoms with van der Waals surface area (Å²) in [5, 5.41) is 10.3. The third kappa shape index (κ3) is 4.00. The van der Waals surface area contributed by atoms with Crippen LogP contribution in [0.15, 0.2) is 0 Å². The van der Waals surface area contributed by atoms with Crippen molar-refractivity contribution in [3.63, 3.8) is 0 Å². The lowest BCUT2D eigenvalue weighted by Gasteiger charge is -2.34. The Morgan fingerprint density at radius 2 is 2.18 bits per heavy atom. The van der Waals surface area contributed by atoms with Crippen molar-refractivity contribution in [1.29, 1.82) is 0 Å². The number of aliphatic hydroxyl groups excluding tert-OH is 1. The fourth-order valence-electron chi connectivity index (χ4n) is 2.65. The van der Waals surface area contributed by atoms with Gasteiger partial charge in [0.15, 0.2) is 5.79 Å². The number of carbonyl (C=O) groups is 1. The lowest BCUT2D eigenvalue weighted by Crippen LogP contribution is -2.47. The molecule has 2 rings (SSSR count). The van der Waals surface area contributed by atoms with Crippen molar-refractivity contribution in [3.8, 4) is 0 Å². The van der Waals surface area contributed by atoms with Crippen molar-refractivity contribution in [2.24, 2.45) is 5.41 Å². The smallest absolute Gasteiger partial charge is 0.231 e. The maximum atomic E-state index is 12.6. The minimum Gasteiger partial charge on any atom is -0.390 e. The zero-order valence-electron chi connectivity index (χ0n) is 13.8.